The van der Waals surface area contributed by atoms with Gasteiger partial charge in [-0.3, -0.25) is 4.99 Å². The van der Waals surface area contributed by atoms with Crippen molar-refractivity contribution < 1.29 is 0 Å². The molecule has 1 unspecified atom stereocenters. The lowest BCUT2D eigenvalue weighted by molar-refractivity contribution is 0.214. The van der Waals surface area contributed by atoms with Gasteiger partial charge in [0, 0.05) is 6.04 Å². The molecular weight excluding hydrogens is 208 g/mol. The van der Waals surface area contributed by atoms with Crippen LogP contribution in [0.5, 0.6) is 0 Å². The van der Waals surface area contributed by atoms with Crippen LogP contribution in [0.1, 0.15) is 43.7 Å². The second-order valence-electron chi connectivity index (χ2n) is 5.15. The Labute approximate surface area is 103 Å². The van der Waals surface area contributed by atoms with Crippen LogP contribution in [0.3, 0.4) is 0 Å². The summed E-state index contributed by atoms with van der Waals surface area (Å²) in [5.74, 6) is 0. The predicted molar refractivity (Wildman–Crippen MR) is 71.3 cm³/mol. The second-order valence-corrected chi connectivity index (χ2v) is 5.15. The lowest BCUT2D eigenvalue weighted by atomic mass is 9.92. The Balaban J connectivity index is 1.77. The molecule has 0 saturated heterocycles. The first kappa shape index (κ1) is 10.8. The minimum absolute atomic E-state index is 0.485. The molecule has 1 aromatic rings. The van der Waals surface area contributed by atoms with Crippen molar-refractivity contribution in [3.8, 4) is 0 Å². The maximum absolute atomic E-state index is 4.50. The van der Waals surface area contributed by atoms with Gasteiger partial charge in [-0.2, -0.15) is 0 Å². The molecule has 1 aliphatic heterocycles. The molecule has 1 fully saturated rings. The molecule has 0 amide bonds. The molecule has 17 heavy (non-hydrogen) atoms. The summed E-state index contributed by atoms with van der Waals surface area (Å²) in [5.41, 5.74) is 1.41. The summed E-state index contributed by atoms with van der Waals surface area (Å²) in [6, 6.07) is 12.0. The van der Waals surface area contributed by atoms with E-state index in [9.17, 15) is 0 Å². The highest BCUT2D eigenvalue weighted by Crippen LogP contribution is 2.31. The fraction of sp³-hybridized carbons (Fsp3) is 0.533. The largest absolute Gasteiger partial charge is 0.351 e. The number of nitrogens with zero attached hydrogens (tertiary/aromatic N) is 2. The van der Waals surface area contributed by atoms with Gasteiger partial charge >= 0.3 is 0 Å². The number of hydrogen-bond donors (Lipinski definition) is 0. The molecule has 2 nitrogen and oxygen atoms in total. The van der Waals surface area contributed by atoms with Crippen LogP contribution in [-0.2, 0) is 0 Å². The summed E-state index contributed by atoms with van der Waals surface area (Å²) < 4.78 is 0. The average Bonchev–Trinajstić information content (AvgIpc) is 2.90. The number of benzene rings is 1. The fourth-order valence-corrected chi connectivity index (χ4v) is 3.10. The Kier molecular flexibility index (Phi) is 3.12. The Hall–Kier alpha value is -1.31. The average molecular weight is 228 g/mol. The number of rotatable bonds is 2. The van der Waals surface area contributed by atoms with E-state index >= 15 is 0 Å². The van der Waals surface area contributed by atoms with Gasteiger partial charge in [0.15, 0.2) is 0 Å². The van der Waals surface area contributed by atoms with E-state index in [1.54, 1.807) is 0 Å². The van der Waals surface area contributed by atoms with Crippen molar-refractivity contribution in [2.24, 2.45) is 4.99 Å². The highest BCUT2D eigenvalue weighted by Gasteiger charge is 2.29. The molecule has 1 aliphatic carbocycles. The van der Waals surface area contributed by atoms with E-state index in [-0.39, 0.29) is 0 Å². The van der Waals surface area contributed by atoms with Crippen LogP contribution in [-0.4, -0.2) is 23.8 Å². The summed E-state index contributed by atoms with van der Waals surface area (Å²) in [4.78, 5) is 7.01. The van der Waals surface area contributed by atoms with E-state index in [1.165, 1.54) is 37.7 Å². The minimum Gasteiger partial charge on any atom is -0.351 e. The lowest BCUT2D eigenvalue weighted by Gasteiger charge is -2.35. The Morgan fingerprint density at radius 3 is 2.53 bits per heavy atom. The standard InChI is InChI=1S/C15H20N2/c1-3-7-13(8-4-1)15-11-16-12-17(15)14-9-5-2-6-10-14/h1,3-4,7-8,12,14-15H,2,5-6,9-11H2. The highest BCUT2D eigenvalue weighted by molar-refractivity contribution is 5.59. The molecule has 90 valence electrons. The first-order chi connectivity index (χ1) is 8.45. The van der Waals surface area contributed by atoms with Crippen LogP contribution in [0.2, 0.25) is 0 Å². The van der Waals surface area contributed by atoms with E-state index in [1.807, 2.05) is 0 Å². The monoisotopic (exact) mass is 228 g/mol. The topological polar surface area (TPSA) is 15.6 Å². The Morgan fingerprint density at radius 2 is 1.76 bits per heavy atom. The molecule has 1 aromatic carbocycles. The van der Waals surface area contributed by atoms with Crippen LogP contribution in [0, 0.1) is 0 Å². The van der Waals surface area contributed by atoms with Crippen molar-refractivity contribution in [2.75, 3.05) is 6.54 Å². The van der Waals surface area contributed by atoms with Gasteiger partial charge in [0.2, 0.25) is 0 Å². The molecule has 2 heteroatoms. The molecule has 0 spiro atoms. The molecule has 0 aromatic heterocycles. The SMILES string of the molecule is C1=NCC(c2ccccc2)N1C1CCCCC1. The predicted octanol–water partition coefficient (Wildman–Crippen LogP) is 3.40. The fourth-order valence-electron chi connectivity index (χ4n) is 3.10. The zero-order chi connectivity index (χ0) is 11.5. The summed E-state index contributed by atoms with van der Waals surface area (Å²) in [5, 5.41) is 0. The minimum atomic E-state index is 0.485. The van der Waals surface area contributed by atoms with Gasteiger partial charge < -0.3 is 4.90 Å². The van der Waals surface area contributed by atoms with Crippen molar-refractivity contribution in [3.63, 3.8) is 0 Å². The van der Waals surface area contributed by atoms with Crippen molar-refractivity contribution in [1.29, 1.82) is 0 Å². The van der Waals surface area contributed by atoms with Crippen LogP contribution in [0.4, 0.5) is 0 Å². The second kappa shape index (κ2) is 4.91. The molecule has 1 saturated carbocycles. The van der Waals surface area contributed by atoms with Gasteiger partial charge in [-0.25, -0.2) is 0 Å². The van der Waals surface area contributed by atoms with Crippen LogP contribution in [0.15, 0.2) is 35.3 Å². The zero-order valence-electron chi connectivity index (χ0n) is 10.3. The third-order valence-corrected chi connectivity index (χ3v) is 4.03. The third kappa shape index (κ3) is 2.21. The van der Waals surface area contributed by atoms with Gasteiger partial charge in [-0.15, -0.1) is 0 Å². The summed E-state index contributed by atoms with van der Waals surface area (Å²) in [7, 11) is 0. The van der Waals surface area contributed by atoms with Gasteiger partial charge in [0.1, 0.15) is 0 Å². The molecular formula is C15H20N2. The van der Waals surface area contributed by atoms with Gasteiger partial charge in [0.05, 0.1) is 18.9 Å². The van der Waals surface area contributed by atoms with E-state index in [0.29, 0.717) is 6.04 Å². The van der Waals surface area contributed by atoms with Crippen molar-refractivity contribution in [2.45, 2.75) is 44.2 Å². The van der Waals surface area contributed by atoms with Gasteiger partial charge in [-0.1, -0.05) is 49.6 Å². The van der Waals surface area contributed by atoms with Gasteiger partial charge in [0.25, 0.3) is 0 Å². The van der Waals surface area contributed by atoms with Crippen molar-refractivity contribution >= 4 is 6.34 Å². The van der Waals surface area contributed by atoms with Crippen molar-refractivity contribution in [3.05, 3.63) is 35.9 Å². The number of hydrogen-bond acceptors (Lipinski definition) is 2. The Bertz CT molecular complexity index is 379. The summed E-state index contributed by atoms with van der Waals surface area (Å²) >= 11 is 0. The van der Waals surface area contributed by atoms with E-state index in [4.69, 9.17) is 0 Å². The quantitative estimate of drug-likeness (QED) is 0.757. The molecule has 2 aliphatic rings. The van der Waals surface area contributed by atoms with Crippen molar-refractivity contribution in [1.82, 2.24) is 4.90 Å². The first-order valence-corrected chi connectivity index (χ1v) is 6.77. The maximum Gasteiger partial charge on any atom is 0.0859 e. The lowest BCUT2D eigenvalue weighted by Crippen LogP contribution is -2.36. The third-order valence-electron chi connectivity index (χ3n) is 4.03. The number of aliphatic imine (C=N–C) groups is 1. The van der Waals surface area contributed by atoms with Gasteiger partial charge in [-0.05, 0) is 18.4 Å². The smallest absolute Gasteiger partial charge is 0.0859 e. The summed E-state index contributed by atoms with van der Waals surface area (Å²) in [6.07, 6.45) is 8.96. The molecule has 1 atom stereocenters. The van der Waals surface area contributed by atoms with Crippen LogP contribution in [0.25, 0.3) is 0 Å². The normalized spacial score (nSPS) is 25.4. The van der Waals surface area contributed by atoms with E-state index < -0.39 is 0 Å². The molecule has 1 heterocycles. The zero-order valence-corrected chi connectivity index (χ0v) is 10.3. The summed E-state index contributed by atoms with van der Waals surface area (Å²) in [6.45, 7) is 0.931. The maximum atomic E-state index is 4.50. The van der Waals surface area contributed by atoms with Crippen LogP contribution < -0.4 is 0 Å². The Morgan fingerprint density at radius 1 is 1.00 bits per heavy atom. The van der Waals surface area contributed by atoms with E-state index in [2.05, 4.69) is 46.6 Å². The molecule has 0 radical (unpaired) electrons. The van der Waals surface area contributed by atoms with Crippen LogP contribution >= 0.6 is 0 Å². The molecule has 0 bridgehead atoms. The highest BCUT2D eigenvalue weighted by atomic mass is 15.3. The first-order valence-electron chi connectivity index (χ1n) is 6.77. The molecule has 3 rings (SSSR count). The molecule has 0 N–H and O–H groups in total. The van der Waals surface area contributed by atoms with E-state index in [0.717, 1.165) is 12.6 Å².